The van der Waals surface area contributed by atoms with Crippen molar-refractivity contribution in [2.75, 3.05) is 50.0 Å². The van der Waals surface area contributed by atoms with Gasteiger partial charge in [-0.2, -0.15) is 0 Å². The molecule has 0 saturated carbocycles. The Balaban J connectivity index is 1.36. The molecule has 2 heterocycles. The Morgan fingerprint density at radius 1 is 1.18 bits per heavy atom. The van der Waals surface area contributed by atoms with Gasteiger partial charge in [-0.25, -0.2) is 4.98 Å². The van der Waals surface area contributed by atoms with Gasteiger partial charge in [0.15, 0.2) is 5.13 Å². The number of hydrogen-bond donors (Lipinski definition) is 0. The molecule has 1 fully saturated rings. The quantitative estimate of drug-likeness (QED) is 0.255. The third-order valence-corrected chi connectivity index (χ3v) is 8.03. The summed E-state index contributed by atoms with van der Waals surface area (Å²) >= 11 is 9.51. The third-order valence-electron chi connectivity index (χ3n) is 5.66. The summed E-state index contributed by atoms with van der Waals surface area (Å²) in [7, 11) is 0. The fourth-order valence-corrected chi connectivity index (χ4v) is 5.93. The van der Waals surface area contributed by atoms with Crippen LogP contribution in [0.25, 0.3) is 10.2 Å². The smallest absolute Gasteiger partial charge is 0.228 e. The van der Waals surface area contributed by atoms with Crippen LogP contribution in [0.5, 0.6) is 0 Å². The molecule has 0 unspecified atom stereocenters. The molecule has 33 heavy (non-hydrogen) atoms. The van der Waals surface area contributed by atoms with Crippen LogP contribution in [0.15, 0.2) is 47.4 Å². The minimum absolute atomic E-state index is 0.145. The van der Waals surface area contributed by atoms with Crippen molar-refractivity contribution in [3.05, 3.63) is 53.1 Å². The van der Waals surface area contributed by atoms with Crippen LogP contribution in [0.2, 0.25) is 5.02 Å². The Morgan fingerprint density at radius 3 is 2.76 bits per heavy atom. The van der Waals surface area contributed by atoms with Gasteiger partial charge in [0.05, 0.1) is 23.4 Å². The Bertz CT molecular complexity index is 1050. The maximum absolute atomic E-state index is 13.2. The number of carbonyl (C=O) groups is 1. The van der Waals surface area contributed by atoms with Gasteiger partial charge in [0, 0.05) is 42.5 Å². The fraction of sp³-hybridized carbons (Fsp3) is 0.440. The van der Waals surface area contributed by atoms with Gasteiger partial charge in [-0.05, 0) is 55.9 Å². The third kappa shape index (κ3) is 7.17. The molecule has 4 rings (SSSR count). The van der Waals surface area contributed by atoms with Crippen molar-refractivity contribution in [2.45, 2.75) is 31.1 Å². The maximum atomic E-state index is 13.2. The van der Waals surface area contributed by atoms with Crippen LogP contribution < -0.4 is 4.90 Å². The number of aromatic nitrogens is 1. The summed E-state index contributed by atoms with van der Waals surface area (Å²) in [5.41, 5.74) is 2.15. The second kappa shape index (κ2) is 12.2. The minimum Gasteiger partial charge on any atom is -0.379 e. The van der Waals surface area contributed by atoms with Crippen molar-refractivity contribution < 1.29 is 9.53 Å². The molecule has 1 amide bonds. The zero-order chi connectivity index (χ0) is 23.0. The molecule has 0 bridgehead atoms. The Morgan fingerprint density at radius 2 is 1.97 bits per heavy atom. The van der Waals surface area contributed by atoms with Gasteiger partial charge in [0.2, 0.25) is 5.91 Å². The van der Waals surface area contributed by atoms with Gasteiger partial charge < -0.3 is 4.74 Å². The average Bonchev–Trinajstić information content (AvgIpc) is 3.24. The standard InChI is InChI=1S/C25H30ClN3O2S2/c1-19-5-8-21(9-6-19)32-17-2-4-24(30)29(12-3-11-28-13-15-31-16-14-28)25-27-22-10-7-20(26)18-23(22)33-25/h5-10,18H,2-4,11-17H2,1H3. The van der Waals surface area contributed by atoms with E-state index in [4.69, 9.17) is 21.3 Å². The molecule has 0 N–H and O–H groups in total. The Hall–Kier alpha value is -1.64. The number of carbonyl (C=O) groups excluding carboxylic acids is 1. The number of amides is 1. The van der Waals surface area contributed by atoms with Crippen LogP contribution in [0, 0.1) is 6.92 Å². The SMILES string of the molecule is Cc1ccc(SCCCC(=O)N(CCCN2CCOCC2)c2nc3ccc(Cl)cc3s2)cc1. The molecule has 0 aliphatic carbocycles. The van der Waals surface area contributed by atoms with E-state index in [9.17, 15) is 4.79 Å². The summed E-state index contributed by atoms with van der Waals surface area (Å²) in [4.78, 5) is 23.5. The lowest BCUT2D eigenvalue weighted by molar-refractivity contribution is -0.118. The summed E-state index contributed by atoms with van der Waals surface area (Å²) in [6.45, 7) is 7.24. The summed E-state index contributed by atoms with van der Waals surface area (Å²) in [5, 5.41) is 1.46. The number of ether oxygens (including phenoxy) is 1. The van der Waals surface area contributed by atoms with E-state index in [0.717, 1.165) is 66.8 Å². The highest BCUT2D eigenvalue weighted by molar-refractivity contribution is 7.99. The van der Waals surface area contributed by atoms with Crippen LogP contribution in [0.3, 0.4) is 0 Å². The largest absolute Gasteiger partial charge is 0.379 e. The molecule has 8 heteroatoms. The van der Waals surface area contributed by atoms with E-state index in [1.54, 1.807) is 23.1 Å². The van der Waals surface area contributed by atoms with Gasteiger partial charge in [0.1, 0.15) is 0 Å². The number of anilines is 1. The molecule has 1 aliphatic heterocycles. The van der Waals surface area contributed by atoms with Gasteiger partial charge in [-0.15, -0.1) is 11.8 Å². The van der Waals surface area contributed by atoms with Gasteiger partial charge in [-0.3, -0.25) is 14.6 Å². The van der Waals surface area contributed by atoms with E-state index in [1.165, 1.54) is 10.5 Å². The van der Waals surface area contributed by atoms with Crippen molar-refractivity contribution in [2.24, 2.45) is 0 Å². The molecule has 1 aliphatic rings. The monoisotopic (exact) mass is 503 g/mol. The molecule has 1 saturated heterocycles. The first kappa shape index (κ1) is 24.5. The van der Waals surface area contributed by atoms with Crippen LogP contribution >= 0.6 is 34.7 Å². The lowest BCUT2D eigenvalue weighted by Gasteiger charge is -2.27. The van der Waals surface area contributed by atoms with Crippen LogP contribution in [0.1, 0.15) is 24.8 Å². The van der Waals surface area contributed by atoms with E-state index in [0.29, 0.717) is 18.0 Å². The minimum atomic E-state index is 0.145. The number of benzene rings is 2. The Labute approximate surface area is 209 Å². The van der Waals surface area contributed by atoms with Crippen molar-refractivity contribution >= 4 is 56.0 Å². The predicted molar refractivity (Wildman–Crippen MR) is 140 cm³/mol. The van der Waals surface area contributed by atoms with E-state index in [1.807, 2.05) is 23.1 Å². The number of morpholine rings is 1. The van der Waals surface area contributed by atoms with Crippen LogP contribution in [-0.2, 0) is 9.53 Å². The van der Waals surface area contributed by atoms with E-state index in [2.05, 4.69) is 36.1 Å². The highest BCUT2D eigenvalue weighted by atomic mass is 35.5. The number of nitrogens with zero attached hydrogens (tertiary/aromatic N) is 3. The number of fused-ring (bicyclic) bond motifs is 1. The predicted octanol–water partition coefficient (Wildman–Crippen LogP) is 5.89. The van der Waals surface area contributed by atoms with Crippen molar-refractivity contribution in [3.8, 4) is 0 Å². The molecule has 0 radical (unpaired) electrons. The molecule has 3 aromatic rings. The molecule has 0 spiro atoms. The van der Waals surface area contributed by atoms with Crippen molar-refractivity contribution in [1.29, 1.82) is 0 Å². The lowest BCUT2D eigenvalue weighted by atomic mass is 10.2. The Kier molecular flexibility index (Phi) is 9.03. The maximum Gasteiger partial charge on any atom is 0.228 e. The first-order valence-corrected chi connectivity index (χ1v) is 13.6. The average molecular weight is 504 g/mol. The molecule has 1 aromatic heterocycles. The summed E-state index contributed by atoms with van der Waals surface area (Å²) in [5.74, 6) is 1.07. The zero-order valence-electron chi connectivity index (χ0n) is 19.0. The first-order chi connectivity index (χ1) is 16.1. The van der Waals surface area contributed by atoms with E-state index < -0.39 is 0 Å². The topological polar surface area (TPSA) is 45.7 Å². The molecule has 2 aromatic carbocycles. The zero-order valence-corrected chi connectivity index (χ0v) is 21.4. The number of halogens is 1. The van der Waals surface area contributed by atoms with E-state index >= 15 is 0 Å². The number of aryl methyl sites for hydroxylation is 1. The molecule has 0 atom stereocenters. The number of hydrogen-bond acceptors (Lipinski definition) is 6. The number of rotatable bonds is 10. The second-order valence-corrected chi connectivity index (χ2v) is 10.8. The van der Waals surface area contributed by atoms with Gasteiger partial charge in [-0.1, -0.05) is 40.6 Å². The highest BCUT2D eigenvalue weighted by Crippen LogP contribution is 2.31. The van der Waals surface area contributed by atoms with Gasteiger partial charge >= 0.3 is 0 Å². The van der Waals surface area contributed by atoms with Crippen molar-refractivity contribution in [3.63, 3.8) is 0 Å². The van der Waals surface area contributed by atoms with E-state index in [-0.39, 0.29) is 5.91 Å². The van der Waals surface area contributed by atoms with Crippen molar-refractivity contribution in [1.82, 2.24) is 9.88 Å². The fourth-order valence-electron chi connectivity index (χ4n) is 3.79. The van der Waals surface area contributed by atoms with Crippen LogP contribution in [0.4, 0.5) is 5.13 Å². The summed E-state index contributed by atoms with van der Waals surface area (Å²) < 4.78 is 6.46. The molecule has 176 valence electrons. The first-order valence-electron chi connectivity index (χ1n) is 11.4. The van der Waals surface area contributed by atoms with Gasteiger partial charge in [0.25, 0.3) is 0 Å². The molecular formula is C25H30ClN3O2S2. The summed E-state index contributed by atoms with van der Waals surface area (Å²) in [6.07, 6.45) is 2.28. The lowest BCUT2D eigenvalue weighted by Crippen LogP contribution is -2.39. The highest BCUT2D eigenvalue weighted by Gasteiger charge is 2.20. The van der Waals surface area contributed by atoms with Crippen LogP contribution in [-0.4, -0.2) is 60.9 Å². The molecular weight excluding hydrogens is 474 g/mol. The summed E-state index contributed by atoms with van der Waals surface area (Å²) in [6, 6.07) is 14.2. The number of thioether (sulfide) groups is 1. The second-order valence-electron chi connectivity index (χ2n) is 8.23. The molecule has 5 nitrogen and oxygen atoms in total. The number of thiazole rings is 1. The normalized spacial score (nSPS) is 14.6.